The van der Waals surface area contributed by atoms with Crippen molar-refractivity contribution in [2.24, 2.45) is 4.99 Å². The largest absolute Gasteiger partial charge is 0.501 e. The number of allylic oxidation sites excluding steroid dienone is 1. The standard InChI is InChI=1S/C17H22N4O3S/c1-5-11-13(18-7-6-14(11)23-3)9-25(22)17-19-12-8-10(2)16(24-4)20-15(12)21-17/h8H,5-7,9H2,1-4H3,(H,19,20,21). The number of nitrogens with zero attached hydrogens (tertiary/aromatic N) is 3. The molecule has 0 saturated heterocycles. The fourth-order valence-corrected chi connectivity index (χ4v) is 4.03. The van der Waals surface area contributed by atoms with Crippen molar-refractivity contribution in [3.8, 4) is 5.88 Å². The molecule has 1 N–H and O–H groups in total. The van der Waals surface area contributed by atoms with Crippen LogP contribution in [0.3, 0.4) is 0 Å². The third-order valence-electron chi connectivity index (χ3n) is 4.20. The lowest BCUT2D eigenvalue weighted by molar-refractivity contribution is 0.273. The second-order valence-electron chi connectivity index (χ2n) is 5.76. The molecule has 0 fully saturated rings. The van der Waals surface area contributed by atoms with Crippen molar-refractivity contribution < 1.29 is 13.7 Å². The Morgan fingerprint density at radius 1 is 1.28 bits per heavy atom. The van der Waals surface area contributed by atoms with E-state index < -0.39 is 10.8 Å². The zero-order valence-electron chi connectivity index (χ0n) is 14.9. The summed E-state index contributed by atoms with van der Waals surface area (Å²) in [6.07, 6.45) is 1.60. The summed E-state index contributed by atoms with van der Waals surface area (Å²) in [4.78, 5) is 16.4. The van der Waals surface area contributed by atoms with Crippen LogP contribution in [0.5, 0.6) is 5.88 Å². The van der Waals surface area contributed by atoms with E-state index in [2.05, 4.69) is 26.9 Å². The fraction of sp³-hybridized carbons (Fsp3) is 0.471. The molecule has 1 aliphatic heterocycles. The summed E-state index contributed by atoms with van der Waals surface area (Å²) in [5, 5.41) is 0.401. The molecule has 1 unspecified atom stereocenters. The van der Waals surface area contributed by atoms with Crippen LogP contribution in [-0.2, 0) is 15.5 Å². The van der Waals surface area contributed by atoms with Crippen molar-refractivity contribution in [2.75, 3.05) is 26.5 Å². The molecule has 0 radical (unpaired) electrons. The van der Waals surface area contributed by atoms with Gasteiger partial charge in [0.2, 0.25) is 5.88 Å². The van der Waals surface area contributed by atoms with Crippen LogP contribution in [0.2, 0.25) is 0 Å². The molecule has 7 nitrogen and oxygen atoms in total. The molecule has 2 aromatic rings. The molecule has 0 aromatic carbocycles. The van der Waals surface area contributed by atoms with E-state index in [0.29, 0.717) is 29.0 Å². The average molecular weight is 362 g/mol. The summed E-state index contributed by atoms with van der Waals surface area (Å²) in [5.74, 6) is 1.77. The number of aryl methyl sites for hydroxylation is 1. The number of aromatic nitrogens is 3. The van der Waals surface area contributed by atoms with Crippen LogP contribution >= 0.6 is 0 Å². The molecule has 3 heterocycles. The van der Waals surface area contributed by atoms with Crippen molar-refractivity contribution in [3.63, 3.8) is 0 Å². The molecule has 0 amide bonds. The molecule has 1 aliphatic rings. The fourth-order valence-electron chi connectivity index (χ4n) is 2.97. The monoisotopic (exact) mass is 362 g/mol. The Bertz CT molecular complexity index is 885. The molecule has 0 saturated carbocycles. The first-order valence-corrected chi connectivity index (χ1v) is 9.48. The zero-order chi connectivity index (χ0) is 18.0. The molecule has 2 aromatic heterocycles. The van der Waals surface area contributed by atoms with Gasteiger partial charge in [0, 0.05) is 24.1 Å². The first kappa shape index (κ1) is 17.6. The molecule has 0 aliphatic carbocycles. The van der Waals surface area contributed by atoms with E-state index in [1.54, 1.807) is 14.2 Å². The number of methoxy groups -OCH3 is 2. The zero-order valence-corrected chi connectivity index (χ0v) is 15.7. The third-order valence-corrected chi connectivity index (χ3v) is 5.36. The number of hydrogen-bond acceptors (Lipinski definition) is 6. The van der Waals surface area contributed by atoms with Crippen molar-refractivity contribution in [1.82, 2.24) is 15.0 Å². The molecule has 3 rings (SSSR count). The summed E-state index contributed by atoms with van der Waals surface area (Å²) in [6, 6.07) is 1.90. The van der Waals surface area contributed by atoms with E-state index in [1.807, 2.05) is 13.0 Å². The number of dihydropyridines is 1. The normalized spacial score (nSPS) is 16.1. The number of H-pyrrole nitrogens is 1. The Labute approximate surface area is 149 Å². The minimum Gasteiger partial charge on any atom is -0.501 e. The Kier molecular flexibility index (Phi) is 5.17. The predicted molar refractivity (Wildman–Crippen MR) is 97.7 cm³/mol. The van der Waals surface area contributed by atoms with Crippen LogP contribution in [0.15, 0.2) is 27.5 Å². The third kappa shape index (κ3) is 3.44. The summed E-state index contributed by atoms with van der Waals surface area (Å²) in [6.45, 7) is 4.62. The van der Waals surface area contributed by atoms with Crippen LogP contribution in [0.4, 0.5) is 0 Å². The second kappa shape index (κ2) is 7.35. The molecule has 0 bridgehead atoms. The Morgan fingerprint density at radius 3 is 2.76 bits per heavy atom. The predicted octanol–water partition coefficient (Wildman–Crippen LogP) is 2.54. The van der Waals surface area contributed by atoms with Crippen LogP contribution < -0.4 is 4.74 Å². The van der Waals surface area contributed by atoms with Crippen molar-refractivity contribution >= 4 is 27.7 Å². The molecular formula is C17H22N4O3S. The Balaban J connectivity index is 1.87. The topological polar surface area (TPSA) is 89.5 Å². The number of nitrogens with one attached hydrogen (secondary N) is 1. The summed E-state index contributed by atoms with van der Waals surface area (Å²) in [7, 11) is 1.91. The first-order chi connectivity index (χ1) is 12.1. The van der Waals surface area contributed by atoms with Gasteiger partial charge in [-0.3, -0.25) is 9.20 Å². The number of aromatic amines is 1. The Hall–Kier alpha value is -2.22. The number of pyridine rings is 1. The molecule has 8 heteroatoms. The van der Waals surface area contributed by atoms with Gasteiger partial charge in [0.25, 0.3) is 0 Å². The Morgan fingerprint density at radius 2 is 2.08 bits per heavy atom. The van der Waals surface area contributed by atoms with Gasteiger partial charge in [0.05, 0.1) is 42.0 Å². The van der Waals surface area contributed by atoms with Crippen LogP contribution in [-0.4, -0.2) is 51.4 Å². The minimum atomic E-state index is -1.34. The molecule has 0 spiro atoms. The van der Waals surface area contributed by atoms with E-state index in [9.17, 15) is 4.21 Å². The number of rotatable bonds is 6. The maximum Gasteiger partial charge on any atom is 0.218 e. The molecule has 25 heavy (non-hydrogen) atoms. The maximum absolute atomic E-state index is 12.8. The number of hydrogen-bond donors (Lipinski definition) is 1. The second-order valence-corrected chi connectivity index (χ2v) is 7.12. The number of fused-ring (bicyclic) bond motifs is 1. The SMILES string of the molecule is CCC1=C(OC)CCN=C1CS(=O)c1nc2nc(OC)c(C)cc2[nH]1. The van der Waals surface area contributed by atoms with Gasteiger partial charge >= 0.3 is 0 Å². The molecule has 1 atom stereocenters. The lowest BCUT2D eigenvalue weighted by Gasteiger charge is -2.18. The number of aliphatic imine (C=N–C) groups is 1. The summed E-state index contributed by atoms with van der Waals surface area (Å²) < 4.78 is 23.5. The van der Waals surface area contributed by atoms with E-state index >= 15 is 0 Å². The van der Waals surface area contributed by atoms with Gasteiger partial charge in [-0.1, -0.05) is 6.92 Å². The number of imidazole rings is 1. The van der Waals surface area contributed by atoms with Gasteiger partial charge in [0.15, 0.2) is 10.8 Å². The summed E-state index contributed by atoms with van der Waals surface area (Å²) in [5.41, 5.74) is 4.03. The van der Waals surface area contributed by atoms with E-state index in [1.165, 1.54) is 0 Å². The highest BCUT2D eigenvalue weighted by molar-refractivity contribution is 7.85. The van der Waals surface area contributed by atoms with Gasteiger partial charge in [-0.2, -0.15) is 4.98 Å². The van der Waals surface area contributed by atoms with E-state index in [0.717, 1.165) is 41.0 Å². The molecular weight excluding hydrogens is 340 g/mol. The highest BCUT2D eigenvalue weighted by Gasteiger charge is 2.21. The smallest absolute Gasteiger partial charge is 0.218 e. The minimum absolute atomic E-state index is 0.311. The van der Waals surface area contributed by atoms with Gasteiger partial charge < -0.3 is 14.5 Å². The van der Waals surface area contributed by atoms with E-state index in [4.69, 9.17) is 9.47 Å². The lowest BCUT2D eigenvalue weighted by Crippen LogP contribution is -2.20. The maximum atomic E-state index is 12.8. The highest BCUT2D eigenvalue weighted by Crippen LogP contribution is 2.23. The van der Waals surface area contributed by atoms with Gasteiger partial charge in [-0.05, 0) is 19.4 Å². The van der Waals surface area contributed by atoms with Gasteiger partial charge in [0.1, 0.15) is 5.76 Å². The van der Waals surface area contributed by atoms with Crippen molar-refractivity contribution in [3.05, 3.63) is 23.0 Å². The lowest BCUT2D eigenvalue weighted by atomic mass is 10.0. The first-order valence-electron chi connectivity index (χ1n) is 8.16. The quantitative estimate of drug-likeness (QED) is 0.853. The molecule has 134 valence electrons. The van der Waals surface area contributed by atoms with Gasteiger partial charge in [-0.25, -0.2) is 4.98 Å². The van der Waals surface area contributed by atoms with Crippen LogP contribution in [0.1, 0.15) is 25.3 Å². The van der Waals surface area contributed by atoms with Gasteiger partial charge in [-0.15, -0.1) is 0 Å². The summed E-state index contributed by atoms with van der Waals surface area (Å²) >= 11 is 0. The van der Waals surface area contributed by atoms with E-state index in [-0.39, 0.29) is 0 Å². The van der Waals surface area contributed by atoms with Crippen LogP contribution in [0, 0.1) is 6.92 Å². The highest BCUT2D eigenvalue weighted by atomic mass is 32.2. The van der Waals surface area contributed by atoms with Crippen molar-refractivity contribution in [2.45, 2.75) is 31.8 Å². The number of ether oxygens (including phenoxy) is 2. The van der Waals surface area contributed by atoms with Crippen molar-refractivity contribution in [1.29, 1.82) is 0 Å². The van der Waals surface area contributed by atoms with Crippen LogP contribution in [0.25, 0.3) is 11.2 Å². The average Bonchev–Trinajstić information content (AvgIpc) is 3.03.